The molecule has 0 atom stereocenters. The van der Waals surface area contributed by atoms with Crippen LogP contribution >= 0.6 is 11.3 Å². The molecule has 1 aliphatic rings. The van der Waals surface area contributed by atoms with Gasteiger partial charge in [-0.3, -0.25) is 4.79 Å². The number of rotatable bonds is 5. The second-order valence-electron chi connectivity index (χ2n) is 6.53. The molecule has 2 aromatic carbocycles. The minimum atomic E-state index is -0.451. The lowest BCUT2D eigenvalue weighted by Crippen LogP contribution is -2.06. The standard InChI is InChI=1S/C23H18O6S/c1-13-9-16(28-23(25)20-5-4-8-30-20)12-18-21(13)22(24)19(29-18)10-14-6-7-15(26-2)11-17(14)27-3/h4-12H,1-3H3/b19-10-. The zero-order chi connectivity index (χ0) is 21.3. The first-order valence-electron chi connectivity index (χ1n) is 9.06. The van der Waals surface area contributed by atoms with E-state index in [-0.39, 0.29) is 11.5 Å². The summed E-state index contributed by atoms with van der Waals surface area (Å²) in [5.41, 5.74) is 1.79. The van der Waals surface area contributed by atoms with Gasteiger partial charge in [-0.1, -0.05) is 6.07 Å². The fraction of sp³-hybridized carbons (Fsp3) is 0.130. The zero-order valence-corrected chi connectivity index (χ0v) is 17.4. The Kier molecular flexibility index (Phi) is 5.29. The molecule has 0 spiro atoms. The summed E-state index contributed by atoms with van der Waals surface area (Å²) in [6.07, 6.45) is 1.62. The molecule has 0 bridgehead atoms. The van der Waals surface area contributed by atoms with Crippen molar-refractivity contribution >= 4 is 29.2 Å². The Labute approximate surface area is 177 Å². The number of fused-ring (bicyclic) bond motifs is 1. The molecule has 0 saturated carbocycles. The Morgan fingerprint density at radius 1 is 1.07 bits per heavy atom. The Hall–Kier alpha value is -3.58. The van der Waals surface area contributed by atoms with Crippen LogP contribution in [-0.2, 0) is 0 Å². The third kappa shape index (κ3) is 3.67. The van der Waals surface area contributed by atoms with Gasteiger partial charge in [0.1, 0.15) is 27.9 Å². The molecule has 6 nitrogen and oxygen atoms in total. The predicted octanol–water partition coefficient (Wildman–Crippen LogP) is 4.91. The first-order valence-corrected chi connectivity index (χ1v) is 9.94. The molecule has 0 fully saturated rings. The largest absolute Gasteiger partial charge is 0.497 e. The van der Waals surface area contributed by atoms with Crippen molar-refractivity contribution in [2.75, 3.05) is 14.2 Å². The Balaban J connectivity index is 1.63. The lowest BCUT2D eigenvalue weighted by atomic mass is 10.0. The molecule has 30 heavy (non-hydrogen) atoms. The fourth-order valence-electron chi connectivity index (χ4n) is 3.17. The highest BCUT2D eigenvalue weighted by Gasteiger charge is 2.30. The van der Waals surface area contributed by atoms with Gasteiger partial charge in [0.15, 0.2) is 5.76 Å². The fourth-order valence-corrected chi connectivity index (χ4v) is 3.77. The topological polar surface area (TPSA) is 71.1 Å². The van der Waals surface area contributed by atoms with Gasteiger partial charge in [-0.05, 0) is 48.2 Å². The van der Waals surface area contributed by atoms with Crippen LogP contribution in [0.5, 0.6) is 23.0 Å². The minimum absolute atomic E-state index is 0.165. The van der Waals surface area contributed by atoms with Crippen LogP contribution in [0, 0.1) is 6.92 Å². The molecule has 0 amide bonds. The number of esters is 1. The van der Waals surface area contributed by atoms with Gasteiger partial charge >= 0.3 is 5.97 Å². The van der Waals surface area contributed by atoms with Crippen LogP contribution in [-0.4, -0.2) is 26.0 Å². The molecule has 3 aromatic rings. The van der Waals surface area contributed by atoms with Gasteiger partial charge in [0.25, 0.3) is 0 Å². The van der Waals surface area contributed by atoms with Crippen molar-refractivity contribution in [3.63, 3.8) is 0 Å². The lowest BCUT2D eigenvalue weighted by Gasteiger charge is -2.08. The van der Waals surface area contributed by atoms with Gasteiger partial charge in [0, 0.05) is 17.7 Å². The molecule has 0 unspecified atom stereocenters. The second kappa shape index (κ2) is 8.04. The summed E-state index contributed by atoms with van der Waals surface area (Å²) in [7, 11) is 3.11. The van der Waals surface area contributed by atoms with E-state index >= 15 is 0 Å². The predicted molar refractivity (Wildman–Crippen MR) is 113 cm³/mol. The average Bonchev–Trinajstić information content (AvgIpc) is 3.37. The van der Waals surface area contributed by atoms with Crippen molar-refractivity contribution < 1.29 is 28.5 Å². The van der Waals surface area contributed by atoms with Crippen LogP contribution in [0.4, 0.5) is 0 Å². The van der Waals surface area contributed by atoms with Crippen LogP contribution in [0.3, 0.4) is 0 Å². The lowest BCUT2D eigenvalue weighted by molar-refractivity contribution is 0.0739. The Morgan fingerprint density at radius 3 is 2.60 bits per heavy atom. The van der Waals surface area contributed by atoms with Crippen molar-refractivity contribution in [2.45, 2.75) is 6.92 Å². The van der Waals surface area contributed by atoms with E-state index in [1.165, 1.54) is 11.3 Å². The summed E-state index contributed by atoms with van der Waals surface area (Å²) in [5, 5.41) is 1.80. The van der Waals surface area contributed by atoms with Gasteiger partial charge in [0.2, 0.25) is 5.78 Å². The van der Waals surface area contributed by atoms with Crippen molar-refractivity contribution in [1.82, 2.24) is 0 Å². The number of allylic oxidation sites excluding steroid dienone is 1. The molecule has 1 aliphatic heterocycles. The van der Waals surface area contributed by atoms with Gasteiger partial charge in [0.05, 0.1) is 19.8 Å². The molecular formula is C23H18O6S. The summed E-state index contributed by atoms with van der Waals surface area (Å²) in [5.74, 6) is 1.34. The van der Waals surface area contributed by atoms with E-state index in [2.05, 4.69) is 0 Å². The van der Waals surface area contributed by atoms with E-state index in [1.54, 1.807) is 75.1 Å². The third-order valence-electron chi connectivity index (χ3n) is 4.60. The molecule has 0 N–H and O–H groups in total. The number of ether oxygens (including phenoxy) is 4. The number of aryl methyl sites for hydroxylation is 1. The molecule has 7 heteroatoms. The minimum Gasteiger partial charge on any atom is -0.497 e. The van der Waals surface area contributed by atoms with Crippen LogP contribution in [0.15, 0.2) is 53.6 Å². The van der Waals surface area contributed by atoms with Crippen LogP contribution < -0.4 is 18.9 Å². The molecular weight excluding hydrogens is 404 g/mol. The van der Waals surface area contributed by atoms with Crippen LogP contribution in [0.1, 0.15) is 31.2 Å². The van der Waals surface area contributed by atoms with Crippen LogP contribution in [0.2, 0.25) is 0 Å². The normalized spacial score (nSPS) is 13.7. The number of methoxy groups -OCH3 is 2. The highest BCUT2D eigenvalue weighted by atomic mass is 32.1. The average molecular weight is 422 g/mol. The van der Waals surface area contributed by atoms with E-state index in [0.29, 0.717) is 44.6 Å². The van der Waals surface area contributed by atoms with E-state index in [0.717, 1.165) is 0 Å². The van der Waals surface area contributed by atoms with Crippen molar-refractivity contribution in [3.05, 3.63) is 75.2 Å². The molecule has 1 aromatic heterocycles. The number of benzene rings is 2. The number of Topliss-reactive ketones (excluding diaryl/α,β-unsaturated/α-hetero) is 1. The molecule has 0 radical (unpaired) electrons. The van der Waals surface area contributed by atoms with Crippen molar-refractivity contribution in [1.29, 1.82) is 0 Å². The van der Waals surface area contributed by atoms with Gasteiger partial charge in [-0.15, -0.1) is 11.3 Å². The number of carbonyl (C=O) groups excluding carboxylic acids is 2. The number of hydrogen-bond donors (Lipinski definition) is 0. The molecule has 0 aliphatic carbocycles. The quantitative estimate of drug-likeness (QED) is 0.331. The van der Waals surface area contributed by atoms with E-state index in [4.69, 9.17) is 18.9 Å². The SMILES string of the molecule is COc1ccc(/C=C2\Oc3cc(OC(=O)c4cccs4)cc(C)c3C2=O)c(OC)c1. The van der Waals surface area contributed by atoms with E-state index in [1.807, 2.05) is 0 Å². The first-order chi connectivity index (χ1) is 14.5. The molecule has 4 rings (SSSR count). The second-order valence-corrected chi connectivity index (χ2v) is 7.48. The Bertz CT molecular complexity index is 1160. The highest BCUT2D eigenvalue weighted by molar-refractivity contribution is 7.12. The van der Waals surface area contributed by atoms with E-state index < -0.39 is 5.97 Å². The number of carbonyl (C=O) groups is 2. The van der Waals surface area contributed by atoms with E-state index in [9.17, 15) is 9.59 Å². The van der Waals surface area contributed by atoms with Gasteiger partial charge in [-0.2, -0.15) is 0 Å². The summed E-state index contributed by atoms with van der Waals surface area (Å²) >= 11 is 1.30. The number of thiophene rings is 1. The molecule has 2 heterocycles. The maximum absolute atomic E-state index is 12.9. The smallest absolute Gasteiger partial charge is 0.353 e. The van der Waals surface area contributed by atoms with Gasteiger partial charge in [-0.25, -0.2) is 4.79 Å². The summed E-state index contributed by atoms with van der Waals surface area (Å²) in [6.45, 7) is 1.78. The van der Waals surface area contributed by atoms with Crippen LogP contribution in [0.25, 0.3) is 6.08 Å². The highest BCUT2D eigenvalue weighted by Crippen LogP contribution is 2.38. The van der Waals surface area contributed by atoms with Gasteiger partial charge < -0.3 is 18.9 Å². The summed E-state index contributed by atoms with van der Waals surface area (Å²) in [6, 6.07) is 12.0. The summed E-state index contributed by atoms with van der Waals surface area (Å²) < 4.78 is 21.8. The monoisotopic (exact) mass is 422 g/mol. The number of ketones is 1. The van der Waals surface area contributed by atoms with Crippen molar-refractivity contribution in [2.24, 2.45) is 0 Å². The zero-order valence-electron chi connectivity index (χ0n) is 16.6. The first kappa shape index (κ1) is 19.7. The maximum atomic E-state index is 12.9. The third-order valence-corrected chi connectivity index (χ3v) is 5.45. The maximum Gasteiger partial charge on any atom is 0.353 e. The number of hydrogen-bond acceptors (Lipinski definition) is 7. The Morgan fingerprint density at radius 2 is 1.90 bits per heavy atom. The molecule has 0 saturated heterocycles. The summed E-state index contributed by atoms with van der Waals surface area (Å²) in [4.78, 5) is 25.6. The van der Waals surface area contributed by atoms with Crippen molar-refractivity contribution in [3.8, 4) is 23.0 Å². The molecule has 152 valence electrons.